The number of para-hydroxylation sites is 1. The number of hydrogen-bond acceptors (Lipinski definition) is 5. The van der Waals surface area contributed by atoms with Crippen molar-refractivity contribution < 1.29 is 23.9 Å². The number of nitrogens with zero attached hydrogens (tertiary/aromatic N) is 1. The van der Waals surface area contributed by atoms with Gasteiger partial charge >= 0.3 is 5.97 Å². The van der Waals surface area contributed by atoms with E-state index in [4.69, 9.17) is 4.74 Å². The number of amides is 2. The van der Waals surface area contributed by atoms with Gasteiger partial charge in [-0.3, -0.25) is 14.4 Å². The summed E-state index contributed by atoms with van der Waals surface area (Å²) >= 11 is 0. The molecule has 0 saturated carbocycles. The summed E-state index contributed by atoms with van der Waals surface area (Å²) in [7, 11) is 1.25. The third kappa shape index (κ3) is 5.34. The van der Waals surface area contributed by atoms with E-state index >= 15 is 0 Å². The number of nitrogens with one attached hydrogen (secondary N) is 1. The second-order valence-corrected chi connectivity index (χ2v) is 6.73. The Bertz CT molecular complexity index is 869. The van der Waals surface area contributed by atoms with Gasteiger partial charge in [0.2, 0.25) is 5.91 Å². The van der Waals surface area contributed by atoms with Crippen molar-refractivity contribution in [3.8, 4) is 5.75 Å². The molecule has 2 aromatic rings. The molecule has 2 aromatic carbocycles. The standard InChI is InChI=1S/C22H24N2O5/c1-28-21(26)14-18-22(27)23-11-12-24(18)20(25)15-29-19-10-6-5-9-17(19)13-16-7-3-2-4-8-16/h2-10,18H,11-15H2,1H3,(H,23,27)/t18-/m1/s1. The van der Waals surface area contributed by atoms with Crippen LogP contribution in [-0.4, -0.2) is 55.5 Å². The van der Waals surface area contributed by atoms with E-state index < -0.39 is 12.0 Å². The zero-order valence-corrected chi connectivity index (χ0v) is 16.3. The average Bonchev–Trinajstić information content (AvgIpc) is 2.75. The molecule has 0 spiro atoms. The Kier molecular flexibility index (Phi) is 6.84. The van der Waals surface area contributed by atoms with Gasteiger partial charge in [-0.05, 0) is 17.2 Å². The molecule has 1 heterocycles. The molecule has 7 nitrogen and oxygen atoms in total. The first-order valence-electron chi connectivity index (χ1n) is 9.47. The third-order valence-electron chi connectivity index (χ3n) is 4.80. The van der Waals surface area contributed by atoms with Crippen molar-refractivity contribution in [2.75, 3.05) is 26.8 Å². The molecule has 1 fully saturated rings. The maximum absolute atomic E-state index is 12.7. The van der Waals surface area contributed by atoms with Gasteiger partial charge in [-0.1, -0.05) is 48.5 Å². The molecule has 29 heavy (non-hydrogen) atoms. The molecule has 0 unspecified atom stereocenters. The number of piperazine rings is 1. The van der Waals surface area contributed by atoms with Crippen LogP contribution in [0.2, 0.25) is 0 Å². The van der Waals surface area contributed by atoms with Crippen molar-refractivity contribution in [3.05, 3.63) is 65.7 Å². The van der Waals surface area contributed by atoms with E-state index in [1.807, 2.05) is 54.6 Å². The Hall–Kier alpha value is -3.35. The topological polar surface area (TPSA) is 84.9 Å². The summed E-state index contributed by atoms with van der Waals surface area (Å²) in [4.78, 5) is 37.9. The van der Waals surface area contributed by atoms with Crippen molar-refractivity contribution in [3.63, 3.8) is 0 Å². The smallest absolute Gasteiger partial charge is 0.308 e. The first-order chi connectivity index (χ1) is 14.1. The minimum atomic E-state index is -0.883. The normalized spacial score (nSPS) is 16.1. The molecule has 1 atom stereocenters. The zero-order valence-electron chi connectivity index (χ0n) is 16.3. The van der Waals surface area contributed by atoms with Crippen molar-refractivity contribution >= 4 is 17.8 Å². The maximum atomic E-state index is 12.7. The molecule has 2 amide bonds. The second-order valence-electron chi connectivity index (χ2n) is 6.73. The Morgan fingerprint density at radius 3 is 2.59 bits per heavy atom. The molecule has 0 radical (unpaired) electrons. The lowest BCUT2D eigenvalue weighted by Gasteiger charge is -2.34. The minimum Gasteiger partial charge on any atom is -0.483 e. The van der Waals surface area contributed by atoms with Crippen LogP contribution in [0.4, 0.5) is 0 Å². The van der Waals surface area contributed by atoms with E-state index in [0.717, 1.165) is 11.1 Å². The fourth-order valence-corrected chi connectivity index (χ4v) is 3.29. The molecule has 1 N–H and O–H groups in total. The summed E-state index contributed by atoms with van der Waals surface area (Å²) in [6.45, 7) is 0.449. The predicted octanol–water partition coefficient (Wildman–Crippen LogP) is 1.55. The summed E-state index contributed by atoms with van der Waals surface area (Å²) < 4.78 is 10.4. The summed E-state index contributed by atoms with van der Waals surface area (Å²) in [5.41, 5.74) is 2.11. The van der Waals surface area contributed by atoms with Crippen molar-refractivity contribution in [2.24, 2.45) is 0 Å². The van der Waals surface area contributed by atoms with Crippen LogP contribution < -0.4 is 10.1 Å². The van der Waals surface area contributed by atoms with Crippen LogP contribution in [0.15, 0.2) is 54.6 Å². The van der Waals surface area contributed by atoms with Gasteiger partial charge in [0, 0.05) is 19.5 Å². The van der Waals surface area contributed by atoms with Gasteiger partial charge in [0.05, 0.1) is 13.5 Å². The molecular formula is C22H24N2O5. The van der Waals surface area contributed by atoms with E-state index in [9.17, 15) is 14.4 Å². The zero-order chi connectivity index (χ0) is 20.6. The lowest BCUT2D eigenvalue weighted by atomic mass is 10.0. The molecular weight excluding hydrogens is 372 g/mol. The molecule has 3 rings (SSSR count). The Labute approximate surface area is 169 Å². The fourth-order valence-electron chi connectivity index (χ4n) is 3.29. The summed E-state index contributed by atoms with van der Waals surface area (Å²) in [5, 5.41) is 2.68. The van der Waals surface area contributed by atoms with Crippen molar-refractivity contribution in [2.45, 2.75) is 18.9 Å². The molecule has 7 heteroatoms. The number of ether oxygens (including phenoxy) is 2. The molecule has 0 aromatic heterocycles. The van der Waals surface area contributed by atoms with Gasteiger partial charge in [-0.25, -0.2) is 0 Å². The molecule has 1 aliphatic rings. The quantitative estimate of drug-likeness (QED) is 0.718. The van der Waals surface area contributed by atoms with Crippen LogP contribution in [-0.2, 0) is 25.5 Å². The molecule has 0 bridgehead atoms. The second kappa shape index (κ2) is 9.73. The minimum absolute atomic E-state index is 0.182. The first-order valence-corrected chi connectivity index (χ1v) is 9.47. The van der Waals surface area contributed by atoms with Crippen molar-refractivity contribution in [1.29, 1.82) is 0 Å². The van der Waals surface area contributed by atoms with Crippen LogP contribution in [0.1, 0.15) is 17.5 Å². The molecule has 1 aliphatic heterocycles. The highest BCUT2D eigenvalue weighted by Crippen LogP contribution is 2.22. The van der Waals surface area contributed by atoms with E-state index in [2.05, 4.69) is 10.1 Å². The van der Waals surface area contributed by atoms with Crippen LogP contribution in [0.25, 0.3) is 0 Å². The van der Waals surface area contributed by atoms with Crippen LogP contribution >= 0.6 is 0 Å². The van der Waals surface area contributed by atoms with Crippen LogP contribution in [0.3, 0.4) is 0 Å². The van der Waals surface area contributed by atoms with Crippen molar-refractivity contribution in [1.82, 2.24) is 10.2 Å². The molecule has 0 aliphatic carbocycles. The Morgan fingerprint density at radius 2 is 1.83 bits per heavy atom. The maximum Gasteiger partial charge on any atom is 0.308 e. The number of rotatable bonds is 7. The lowest BCUT2D eigenvalue weighted by molar-refractivity contribution is -0.151. The Balaban J connectivity index is 1.67. The SMILES string of the molecule is COC(=O)C[C@@H]1C(=O)NCCN1C(=O)COc1ccccc1Cc1ccccc1. The number of methoxy groups -OCH3 is 1. The van der Waals surface area contributed by atoms with E-state index in [0.29, 0.717) is 25.3 Å². The fraction of sp³-hybridized carbons (Fsp3) is 0.318. The highest BCUT2D eigenvalue weighted by atomic mass is 16.5. The summed E-state index contributed by atoms with van der Waals surface area (Å²) in [6, 6.07) is 16.7. The van der Waals surface area contributed by atoms with Gasteiger partial charge in [-0.15, -0.1) is 0 Å². The number of benzene rings is 2. The van der Waals surface area contributed by atoms with Gasteiger partial charge in [-0.2, -0.15) is 0 Å². The monoisotopic (exact) mass is 396 g/mol. The number of carbonyl (C=O) groups is 3. The average molecular weight is 396 g/mol. The van der Waals surface area contributed by atoms with Crippen LogP contribution in [0, 0.1) is 0 Å². The number of esters is 1. The van der Waals surface area contributed by atoms with E-state index in [1.54, 1.807) is 0 Å². The highest BCUT2D eigenvalue weighted by Gasteiger charge is 2.35. The lowest BCUT2D eigenvalue weighted by Crippen LogP contribution is -2.58. The third-order valence-corrected chi connectivity index (χ3v) is 4.80. The highest BCUT2D eigenvalue weighted by molar-refractivity contribution is 5.92. The molecule has 1 saturated heterocycles. The number of carbonyl (C=O) groups excluding carboxylic acids is 3. The van der Waals surface area contributed by atoms with Gasteiger partial charge < -0.3 is 19.7 Å². The predicted molar refractivity (Wildman–Crippen MR) is 106 cm³/mol. The number of hydrogen-bond donors (Lipinski definition) is 1. The van der Waals surface area contributed by atoms with Crippen LogP contribution in [0.5, 0.6) is 5.75 Å². The van der Waals surface area contributed by atoms with Gasteiger partial charge in [0.15, 0.2) is 6.61 Å². The van der Waals surface area contributed by atoms with E-state index in [-0.39, 0.29) is 24.8 Å². The summed E-state index contributed by atoms with van der Waals surface area (Å²) in [5.74, 6) is -0.627. The first kappa shape index (κ1) is 20.4. The van der Waals surface area contributed by atoms with Gasteiger partial charge in [0.1, 0.15) is 11.8 Å². The molecule has 152 valence electrons. The van der Waals surface area contributed by atoms with E-state index in [1.165, 1.54) is 12.0 Å². The summed E-state index contributed by atoms with van der Waals surface area (Å²) in [6.07, 6.45) is 0.501. The Morgan fingerprint density at radius 1 is 1.10 bits per heavy atom. The largest absolute Gasteiger partial charge is 0.483 e. The van der Waals surface area contributed by atoms with Gasteiger partial charge in [0.25, 0.3) is 5.91 Å².